The van der Waals surface area contributed by atoms with E-state index in [0.717, 1.165) is 24.5 Å². The summed E-state index contributed by atoms with van der Waals surface area (Å²) in [4.78, 5) is 17.0. The van der Waals surface area contributed by atoms with Crippen molar-refractivity contribution >= 4 is 17.4 Å². The second-order valence-electron chi connectivity index (χ2n) is 8.05. The van der Waals surface area contributed by atoms with E-state index < -0.39 is 0 Å². The molecule has 0 unspecified atom stereocenters. The van der Waals surface area contributed by atoms with Gasteiger partial charge in [0.15, 0.2) is 0 Å². The van der Waals surface area contributed by atoms with Crippen LogP contribution in [0.1, 0.15) is 59.4 Å². The van der Waals surface area contributed by atoms with Gasteiger partial charge in [0.1, 0.15) is 5.01 Å². The van der Waals surface area contributed by atoms with Crippen LogP contribution in [0.25, 0.3) is 0 Å². The summed E-state index contributed by atoms with van der Waals surface area (Å²) < 4.78 is 7.52. The fourth-order valence-corrected chi connectivity index (χ4v) is 3.20. The summed E-state index contributed by atoms with van der Waals surface area (Å²) in [5.74, 6) is 0. The molecule has 0 spiro atoms. The van der Waals surface area contributed by atoms with Gasteiger partial charge in [0.25, 0.3) is 0 Å². The van der Waals surface area contributed by atoms with Crippen LogP contribution in [0.3, 0.4) is 0 Å². The maximum absolute atomic E-state index is 12.1. The molecule has 1 aliphatic rings. The molecule has 1 aliphatic heterocycles. The summed E-state index contributed by atoms with van der Waals surface area (Å²) in [6.45, 7) is 13.6. The number of aromatic nitrogens is 2. The minimum atomic E-state index is -0.331. The number of nitrogens with one attached hydrogen (secondary N) is 1. The molecular formula is C16H28N4O2S. The Kier molecular flexibility index (Phi) is 5.30. The number of amides is 2. The molecule has 1 fully saturated rings. The van der Waals surface area contributed by atoms with Crippen LogP contribution in [0.5, 0.6) is 0 Å². The predicted octanol–water partition coefficient (Wildman–Crippen LogP) is 2.83. The van der Waals surface area contributed by atoms with Crippen LogP contribution in [-0.4, -0.2) is 34.1 Å². The number of ether oxygens (including phenoxy) is 1. The molecule has 7 heteroatoms. The molecule has 6 nitrogen and oxygen atoms in total. The second-order valence-corrected chi connectivity index (χ2v) is 9.00. The summed E-state index contributed by atoms with van der Waals surface area (Å²) in [5.41, 5.74) is -0.380. The summed E-state index contributed by atoms with van der Waals surface area (Å²) >= 11 is 1.47. The standard InChI is InChI=1S/C16H28N4O2S/c1-15(2,3)12-19-20(10-11-8-7-9-22-11)14(23-12)17-13(21)18-16(4,5)6/h11H,7-10H2,1-6H3,(H,18,21)/b17-14-/t11-/m1/s1. The van der Waals surface area contributed by atoms with E-state index in [1.54, 1.807) is 0 Å². The van der Waals surface area contributed by atoms with Crippen LogP contribution in [0.15, 0.2) is 4.99 Å². The number of urea groups is 1. The van der Waals surface area contributed by atoms with Gasteiger partial charge in [0.05, 0.1) is 12.6 Å². The van der Waals surface area contributed by atoms with Crippen LogP contribution in [0.2, 0.25) is 0 Å². The summed E-state index contributed by atoms with van der Waals surface area (Å²) in [7, 11) is 0. The molecule has 130 valence electrons. The zero-order valence-electron chi connectivity index (χ0n) is 15.0. The smallest absolute Gasteiger partial charge is 0.344 e. The number of rotatable bonds is 2. The van der Waals surface area contributed by atoms with Crippen LogP contribution in [0.4, 0.5) is 4.79 Å². The average molecular weight is 340 g/mol. The predicted molar refractivity (Wildman–Crippen MR) is 91.6 cm³/mol. The molecule has 1 saturated heterocycles. The van der Waals surface area contributed by atoms with E-state index in [2.05, 4.69) is 36.2 Å². The second kappa shape index (κ2) is 6.73. The van der Waals surface area contributed by atoms with Gasteiger partial charge in [-0.3, -0.25) is 0 Å². The first-order valence-corrected chi connectivity index (χ1v) is 8.93. The SMILES string of the molecule is CC(C)(C)NC(=O)/N=c1\sc(C(C)(C)C)nn1C[C@H]1CCCO1. The third-order valence-corrected chi connectivity index (χ3v) is 4.71. The van der Waals surface area contributed by atoms with Crippen molar-refractivity contribution in [3.8, 4) is 0 Å². The van der Waals surface area contributed by atoms with Gasteiger partial charge < -0.3 is 10.1 Å². The normalized spacial score (nSPS) is 20.1. The Hall–Kier alpha value is -1.21. The lowest BCUT2D eigenvalue weighted by Crippen LogP contribution is -2.40. The maximum Gasteiger partial charge on any atom is 0.344 e. The first-order valence-electron chi connectivity index (χ1n) is 8.11. The largest absolute Gasteiger partial charge is 0.376 e. The molecule has 0 bridgehead atoms. The fraction of sp³-hybridized carbons (Fsp3) is 0.812. The Morgan fingerprint density at radius 1 is 1.39 bits per heavy atom. The lowest BCUT2D eigenvalue weighted by atomic mass is 9.98. The monoisotopic (exact) mass is 340 g/mol. The Balaban J connectivity index is 2.31. The summed E-state index contributed by atoms with van der Waals surface area (Å²) in [5, 5.41) is 8.51. The van der Waals surface area contributed by atoms with Crippen LogP contribution >= 0.6 is 11.3 Å². The molecule has 0 radical (unpaired) electrons. The number of hydrogen-bond acceptors (Lipinski definition) is 4. The third kappa shape index (κ3) is 5.42. The van der Waals surface area contributed by atoms with E-state index in [-0.39, 0.29) is 23.1 Å². The number of carbonyl (C=O) groups is 1. The Morgan fingerprint density at radius 2 is 2.09 bits per heavy atom. The third-order valence-electron chi connectivity index (χ3n) is 3.34. The van der Waals surface area contributed by atoms with Gasteiger partial charge in [-0.05, 0) is 33.6 Å². The average Bonchev–Trinajstić information content (AvgIpc) is 2.97. The van der Waals surface area contributed by atoms with Gasteiger partial charge in [-0.15, -0.1) is 0 Å². The van der Waals surface area contributed by atoms with Crippen molar-refractivity contribution in [3.05, 3.63) is 9.81 Å². The molecule has 0 aliphatic carbocycles. The van der Waals surface area contributed by atoms with Gasteiger partial charge >= 0.3 is 6.03 Å². The van der Waals surface area contributed by atoms with Crippen molar-refractivity contribution in [2.75, 3.05) is 6.61 Å². The molecule has 0 aromatic carbocycles. The van der Waals surface area contributed by atoms with Crippen molar-refractivity contribution in [2.24, 2.45) is 4.99 Å². The van der Waals surface area contributed by atoms with E-state index in [9.17, 15) is 4.79 Å². The van der Waals surface area contributed by atoms with Crippen molar-refractivity contribution in [2.45, 2.75) is 78.0 Å². The van der Waals surface area contributed by atoms with Gasteiger partial charge in [0, 0.05) is 17.6 Å². The summed E-state index contributed by atoms with van der Waals surface area (Å²) in [6, 6.07) is -0.331. The molecule has 0 saturated carbocycles. The molecule has 1 aromatic rings. The topological polar surface area (TPSA) is 68.5 Å². The highest BCUT2D eigenvalue weighted by Crippen LogP contribution is 2.22. The zero-order chi connectivity index (χ0) is 17.3. The molecule has 23 heavy (non-hydrogen) atoms. The zero-order valence-corrected chi connectivity index (χ0v) is 15.8. The van der Waals surface area contributed by atoms with Crippen molar-refractivity contribution in [1.82, 2.24) is 15.1 Å². The minimum absolute atomic E-state index is 0.0722. The molecule has 2 heterocycles. The molecule has 1 aromatic heterocycles. The maximum atomic E-state index is 12.1. The van der Waals surface area contributed by atoms with Gasteiger partial charge in [-0.2, -0.15) is 10.1 Å². The molecule has 1 N–H and O–H groups in total. The van der Waals surface area contributed by atoms with Crippen molar-refractivity contribution < 1.29 is 9.53 Å². The highest BCUT2D eigenvalue weighted by atomic mass is 32.1. The fourth-order valence-electron chi connectivity index (χ4n) is 2.23. The molecule has 1 atom stereocenters. The minimum Gasteiger partial charge on any atom is -0.376 e. The van der Waals surface area contributed by atoms with E-state index in [1.165, 1.54) is 11.3 Å². The molecular weight excluding hydrogens is 312 g/mol. The molecule has 2 rings (SSSR count). The van der Waals surface area contributed by atoms with E-state index in [1.807, 2.05) is 25.5 Å². The van der Waals surface area contributed by atoms with Crippen LogP contribution in [0, 0.1) is 0 Å². The van der Waals surface area contributed by atoms with Crippen molar-refractivity contribution in [3.63, 3.8) is 0 Å². The Labute approximate surface area is 142 Å². The quantitative estimate of drug-likeness (QED) is 0.900. The van der Waals surface area contributed by atoms with Crippen LogP contribution in [-0.2, 0) is 16.7 Å². The van der Waals surface area contributed by atoms with E-state index in [4.69, 9.17) is 4.74 Å². The highest BCUT2D eigenvalue weighted by Gasteiger charge is 2.23. The lowest BCUT2D eigenvalue weighted by Gasteiger charge is -2.18. The Bertz CT molecular complexity index is 613. The number of carbonyl (C=O) groups excluding carboxylic acids is 1. The highest BCUT2D eigenvalue weighted by molar-refractivity contribution is 7.09. The van der Waals surface area contributed by atoms with E-state index in [0.29, 0.717) is 11.3 Å². The number of nitrogens with zero attached hydrogens (tertiary/aromatic N) is 3. The summed E-state index contributed by atoms with van der Waals surface area (Å²) in [6.07, 6.45) is 2.27. The molecule has 2 amide bonds. The van der Waals surface area contributed by atoms with Gasteiger partial charge in [-0.25, -0.2) is 9.48 Å². The van der Waals surface area contributed by atoms with Crippen molar-refractivity contribution in [1.29, 1.82) is 0 Å². The first-order chi connectivity index (χ1) is 10.5. The van der Waals surface area contributed by atoms with Gasteiger partial charge in [0.2, 0.25) is 4.80 Å². The number of hydrogen-bond donors (Lipinski definition) is 1. The Morgan fingerprint density at radius 3 is 2.61 bits per heavy atom. The first kappa shape index (κ1) is 18.1. The van der Waals surface area contributed by atoms with Gasteiger partial charge in [-0.1, -0.05) is 32.1 Å². The van der Waals surface area contributed by atoms with E-state index >= 15 is 0 Å². The van der Waals surface area contributed by atoms with Crippen LogP contribution < -0.4 is 10.1 Å². The lowest BCUT2D eigenvalue weighted by molar-refractivity contribution is 0.0928.